The molecule has 156 valence electrons. The molecule has 1 atom stereocenters. The number of hydrogen-bond acceptors (Lipinski definition) is 6. The van der Waals surface area contributed by atoms with Gasteiger partial charge in [-0.05, 0) is 29.8 Å². The third-order valence-corrected chi connectivity index (χ3v) is 5.23. The number of nitrogens with one attached hydrogen (secondary N) is 1. The van der Waals surface area contributed by atoms with E-state index in [1.165, 1.54) is 36.7 Å². The lowest BCUT2D eigenvalue weighted by Crippen LogP contribution is -2.14. The van der Waals surface area contributed by atoms with Crippen molar-refractivity contribution in [3.05, 3.63) is 78.2 Å². The molecular formula is C22H17FN4O3S. The predicted octanol–water partition coefficient (Wildman–Crippen LogP) is 3.86. The molecule has 0 aliphatic carbocycles. The summed E-state index contributed by atoms with van der Waals surface area (Å²) in [6.45, 7) is 0. The van der Waals surface area contributed by atoms with Crippen molar-refractivity contribution >= 4 is 23.0 Å². The molecule has 0 saturated carbocycles. The Morgan fingerprint density at radius 2 is 1.87 bits per heavy atom. The lowest BCUT2D eigenvalue weighted by atomic mass is 10.1. The first-order valence-corrected chi connectivity index (χ1v) is 10.8. The summed E-state index contributed by atoms with van der Waals surface area (Å²) >= 11 is -1.34. The highest BCUT2D eigenvalue weighted by atomic mass is 32.2. The highest BCUT2D eigenvalue weighted by molar-refractivity contribution is 7.90. The molecule has 9 heteroatoms. The monoisotopic (exact) mass is 436 g/mol. The molecule has 1 amide bonds. The van der Waals surface area contributed by atoms with E-state index in [0.717, 1.165) is 5.56 Å². The molecule has 2 aromatic carbocycles. The first kappa shape index (κ1) is 20.7. The zero-order valence-electron chi connectivity index (χ0n) is 16.4. The summed E-state index contributed by atoms with van der Waals surface area (Å²) in [5, 5.41) is 7.09. The van der Waals surface area contributed by atoms with Gasteiger partial charge in [-0.25, -0.2) is 9.37 Å². The van der Waals surface area contributed by atoms with Gasteiger partial charge in [0, 0.05) is 29.0 Å². The van der Waals surface area contributed by atoms with Gasteiger partial charge in [0.05, 0.1) is 6.42 Å². The zero-order chi connectivity index (χ0) is 21.8. The van der Waals surface area contributed by atoms with E-state index in [1.807, 2.05) is 30.3 Å². The fraction of sp³-hybridized carbons (Fsp3) is 0.0909. The molecule has 0 saturated heterocycles. The number of carbonyl (C=O) groups excluding carboxylic acids is 1. The van der Waals surface area contributed by atoms with Crippen LogP contribution in [0.1, 0.15) is 5.56 Å². The first-order valence-electron chi connectivity index (χ1n) is 9.27. The molecular weight excluding hydrogens is 419 g/mol. The third kappa shape index (κ3) is 4.79. The van der Waals surface area contributed by atoms with E-state index in [0.29, 0.717) is 21.8 Å². The maximum Gasteiger partial charge on any atom is 0.247 e. The summed E-state index contributed by atoms with van der Waals surface area (Å²) in [6, 6.07) is 16.4. The van der Waals surface area contributed by atoms with Crippen molar-refractivity contribution in [3.8, 4) is 22.6 Å². The van der Waals surface area contributed by atoms with E-state index < -0.39 is 17.0 Å². The summed E-state index contributed by atoms with van der Waals surface area (Å²) in [5.41, 5.74) is 2.03. The van der Waals surface area contributed by atoms with Crippen LogP contribution >= 0.6 is 0 Å². The quantitative estimate of drug-likeness (QED) is 0.364. The van der Waals surface area contributed by atoms with Crippen molar-refractivity contribution in [3.63, 3.8) is 0 Å². The fourth-order valence-electron chi connectivity index (χ4n) is 2.96. The van der Waals surface area contributed by atoms with Gasteiger partial charge in [0.1, 0.15) is 23.3 Å². The average molecular weight is 436 g/mol. The van der Waals surface area contributed by atoms with Crippen LogP contribution in [-0.2, 0) is 22.4 Å². The molecule has 2 heterocycles. The molecule has 0 radical (unpaired) electrons. The summed E-state index contributed by atoms with van der Waals surface area (Å²) in [4.78, 5) is 21.2. The first-order chi connectivity index (χ1) is 15.0. The normalized spacial score (nSPS) is 11.8. The topological polar surface area (TPSA) is 104 Å². The van der Waals surface area contributed by atoms with Crippen LogP contribution in [-0.4, -0.2) is 31.8 Å². The Hall–Kier alpha value is -3.56. The zero-order valence-corrected chi connectivity index (χ0v) is 17.2. The van der Waals surface area contributed by atoms with Gasteiger partial charge in [0.15, 0.2) is 5.82 Å². The summed E-state index contributed by atoms with van der Waals surface area (Å²) in [7, 11) is 0. The van der Waals surface area contributed by atoms with E-state index >= 15 is 0 Å². The van der Waals surface area contributed by atoms with Crippen molar-refractivity contribution in [2.24, 2.45) is 0 Å². The van der Waals surface area contributed by atoms with Crippen LogP contribution in [0.4, 0.5) is 10.3 Å². The average Bonchev–Trinajstić information content (AvgIpc) is 3.18. The maximum atomic E-state index is 13.4. The largest absolute Gasteiger partial charge is 0.610 e. The Balaban J connectivity index is 1.74. The van der Waals surface area contributed by atoms with Crippen LogP contribution in [0.2, 0.25) is 0 Å². The number of rotatable bonds is 6. The second kappa shape index (κ2) is 9.07. The molecule has 31 heavy (non-hydrogen) atoms. The van der Waals surface area contributed by atoms with Crippen LogP contribution < -0.4 is 5.32 Å². The van der Waals surface area contributed by atoms with Gasteiger partial charge in [0.25, 0.3) is 0 Å². The van der Waals surface area contributed by atoms with E-state index in [1.54, 1.807) is 6.07 Å². The molecule has 0 fully saturated rings. The minimum Gasteiger partial charge on any atom is -0.610 e. The number of nitrogens with zero attached hydrogens (tertiary/aromatic N) is 3. The predicted molar refractivity (Wildman–Crippen MR) is 114 cm³/mol. The highest BCUT2D eigenvalue weighted by Gasteiger charge is 2.24. The van der Waals surface area contributed by atoms with Crippen LogP contribution in [0.5, 0.6) is 0 Å². The van der Waals surface area contributed by atoms with Gasteiger partial charge < -0.3 is 9.08 Å². The van der Waals surface area contributed by atoms with E-state index in [2.05, 4.69) is 20.4 Å². The Morgan fingerprint density at radius 1 is 1.13 bits per heavy atom. The second-order valence-corrected chi connectivity index (χ2v) is 7.95. The lowest BCUT2D eigenvalue weighted by molar-refractivity contribution is -0.115. The van der Waals surface area contributed by atoms with Crippen molar-refractivity contribution in [2.75, 3.05) is 11.6 Å². The van der Waals surface area contributed by atoms with Gasteiger partial charge in [-0.1, -0.05) is 35.5 Å². The van der Waals surface area contributed by atoms with Gasteiger partial charge in [-0.3, -0.25) is 10.1 Å². The van der Waals surface area contributed by atoms with Crippen LogP contribution in [0.25, 0.3) is 22.6 Å². The number of halogens is 1. The van der Waals surface area contributed by atoms with Crippen LogP contribution in [0.15, 0.2) is 76.4 Å². The number of benzene rings is 2. The Bertz CT molecular complexity index is 1200. The standard InChI is InChI=1S/C22H17FN4O3S/c1-31(29)18-11-12-24-21(26-18)19-20(15-7-9-16(23)10-8-15)27-30-22(19)25-17(28)13-14-5-3-2-4-6-14/h2-12H,13H2,1H3,(H,25,28). The number of anilines is 1. The molecule has 1 unspecified atom stereocenters. The molecule has 0 aliphatic rings. The minimum atomic E-state index is -1.34. The number of hydrogen-bond donors (Lipinski definition) is 1. The Labute approximate surface area is 180 Å². The van der Waals surface area contributed by atoms with Crippen LogP contribution in [0.3, 0.4) is 0 Å². The van der Waals surface area contributed by atoms with Gasteiger partial charge in [-0.2, -0.15) is 4.98 Å². The molecule has 7 nitrogen and oxygen atoms in total. The number of aromatic nitrogens is 3. The summed E-state index contributed by atoms with van der Waals surface area (Å²) in [6.07, 6.45) is 3.10. The fourth-order valence-corrected chi connectivity index (χ4v) is 3.43. The van der Waals surface area contributed by atoms with Crippen LogP contribution in [0, 0.1) is 5.82 Å². The summed E-state index contributed by atoms with van der Waals surface area (Å²) in [5.74, 6) is -0.475. The van der Waals surface area contributed by atoms with Crippen molar-refractivity contribution < 1.29 is 18.3 Å². The van der Waals surface area contributed by atoms with E-state index in [-0.39, 0.29) is 24.0 Å². The maximum absolute atomic E-state index is 13.4. The molecule has 1 N–H and O–H groups in total. The molecule has 0 spiro atoms. The van der Waals surface area contributed by atoms with Crippen molar-refractivity contribution in [1.29, 1.82) is 0 Å². The second-order valence-electron chi connectivity index (χ2n) is 6.63. The minimum absolute atomic E-state index is 0.0549. The smallest absolute Gasteiger partial charge is 0.247 e. The third-order valence-electron chi connectivity index (χ3n) is 4.42. The number of carbonyl (C=O) groups is 1. The van der Waals surface area contributed by atoms with Crippen molar-refractivity contribution in [2.45, 2.75) is 11.4 Å². The molecule has 4 aromatic rings. The summed E-state index contributed by atoms with van der Waals surface area (Å²) < 4.78 is 30.7. The van der Waals surface area contributed by atoms with E-state index in [4.69, 9.17) is 4.52 Å². The Morgan fingerprint density at radius 3 is 2.58 bits per heavy atom. The Kier molecular flexibility index (Phi) is 6.06. The van der Waals surface area contributed by atoms with Gasteiger partial charge in [-0.15, -0.1) is 0 Å². The van der Waals surface area contributed by atoms with Gasteiger partial charge in [0.2, 0.25) is 16.8 Å². The number of amides is 1. The van der Waals surface area contributed by atoms with Gasteiger partial charge >= 0.3 is 0 Å². The molecule has 4 rings (SSSR count). The molecule has 0 bridgehead atoms. The van der Waals surface area contributed by atoms with E-state index in [9.17, 15) is 13.7 Å². The van der Waals surface area contributed by atoms with Crippen molar-refractivity contribution in [1.82, 2.24) is 15.1 Å². The molecule has 0 aliphatic heterocycles. The lowest BCUT2D eigenvalue weighted by Gasteiger charge is -2.07. The molecule has 2 aromatic heterocycles. The SMILES string of the molecule is C[S+]([O-])c1ccnc(-c2c(-c3ccc(F)cc3)noc2NC(=O)Cc2ccccc2)n1. The highest BCUT2D eigenvalue weighted by Crippen LogP contribution is 2.36.